The molecular weight excluding hydrogens is 366 g/mol. The molecule has 0 spiro atoms. The minimum atomic E-state index is -0.943. The average molecular weight is 386 g/mol. The summed E-state index contributed by atoms with van der Waals surface area (Å²) >= 11 is 6.46. The summed E-state index contributed by atoms with van der Waals surface area (Å²) in [5.41, 5.74) is 2.70. The van der Waals surface area contributed by atoms with Crippen molar-refractivity contribution in [2.45, 2.75) is 18.4 Å². The van der Waals surface area contributed by atoms with E-state index in [0.29, 0.717) is 16.3 Å². The van der Waals surface area contributed by atoms with E-state index in [1.165, 1.54) is 0 Å². The first-order valence-electron chi connectivity index (χ1n) is 8.76. The summed E-state index contributed by atoms with van der Waals surface area (Å²) in [5, 5.41) is 13.7. The molecule has 140 valence electrons. The first-order chi connectivity index (χ1) is 13.0. The Balaban J connectivity index is 1.89. The van der Waals surface area contributed by atoms with E-state index in [-0.39, 0.29) is 17.9 Å². The van der Waals surface area contributed by atoms with Crippen LogP contribution >= 0.6 is 11.6 Å². The van der Waals surface area contributed by atoms with Crippen molar-refractivity contribution in [3.05, 3.63) is 64.2 Å². The van der Waals surface area contributed by atoms with Gasteiger partial charge in [0, 0.05) is 11.5 Å². The Labute approximate surface area is 162 Å². The summed E-state index contributed by atoms with van der Waals surface area (Å²) < 4.78 is 11.0. The largest absolute Gasteiger partial charge is 0.497 e. The molecule has 0 aromatic heterocycles. The molecule has 0 saturated carbocycles. The Kier molecular flexibility index (Phi) is 4.48. The van der Waals surface area contributed by atoms with Crippen LogP contribution in [0.3, 0.4) is 0 Å². The lowest BCUT2D eigenvalue weighted by atomic mass is 9.75. The van der Waals surface area contributed by atoms with Crippen LogP contribution in [0.2, 0.25) is 5.02 Å². The molecule has 0 fully saturated rings. The van der Waals surface area contributed by atoms with Crippen molar-refractivity contribution in [1.29, 1.82) is 0 Å². The van der Waals surface area contributed by atoms with Crippen LogP contribution in [0.15, 0.2) is 42.5 Å². The van der Waals surface area contributed by atoms with Crippen molar-refractivity contribution in [3.63, 3.8) is 0 Å². The van der Waals surface area contributed by atoms with Gasteiger partial charge < -0.3 is 19.9 Å². The van der Waals surface area contributed by atoms with Crippen molar-refractivity contribution in [2.75, 3.05) is 19.5 Å². The van der Waals surface area contributed by atoms with Gasteiger partial charge in [-0.3, -0.25) is 0 Å². The van der Waals surface area contributed by atoms with Crippen LogP contribution < -0.4 is 14.8 Å². The quantitative estimate of drug-likeness (QED) is 0.734. The molecule has 0 amide bonds. The zero-order valence-corrected chi connectivity index (χ0v) is 15.8. The van der Waals surface area contributed by atoms with Crippen LogP contribution in [-0.4, -0.2) is 25.3 Å². The van der Waals surface area contributed by atoms with Gasteiger partial charge in [0.15, 0.2) is 0 Å². The first-order valence-corrected chi connectivity index (χ1v) is 9.13. The summed E-state index contributed by atoms with van der Waals surface area (Å²) in [7, 11) is 3.27. The molecule has 1 aliphatic carbocycles. The van der Waals surface area contributed by atoms with E-state index in [0.717, 1.165) is 29.0 Å². The van der Waals surface area contributed by atoms with E-state index in [4.69, 9.17) is 21.1 Å². The van der Waals surface area contributed by atoms with Crippen LogP contribution in [0.1, 0.15) is 39.9 Å². The van der Waals surface area contributed by atoms with Gasteiger partial charge in [-0.1, -0.05) is 23.8 Å². The fraction of sp³-hybridized carbons (Fsp3) is 0.286. The number of ether oxygens (including phenoxy) is 2. The molecule has 4 rings (SSSR count). The summed E-state index contributed by atoms with van der Waals surface area (Å²) in [4.78, 5) is 11.8. The van der Waals surface area contributed by atoms with Crippen LogP contribution in [-0.2, 0) is 0 Å². The van der Waals surface area contributed by atoms with Crippen molar-refractivity contribution < 1.29 is 19.4 Å². The van der Waals surface area contributed by atoms with E-state index in [9.17, 15) is 9.90 Å². The van der Waals surface area contributed by atoms with Crippen molar-refractivity contribution in [1.82, 2.24) is 0 Å². The van der Waals surface area contributed by atoms with Crippen LogP contribution in [0.5, 0.6) is 11.5 Å². The van der Waals surface area contributed by atoms with Gasteiger partial charge in [0.2, 0.25) is 0 Å². The summed E-state index contributed by atoms with van der Waals surface area (Å²) in [6.07, 6.45) is 5.04. The highest BCUT2D eigenvalue weighted by atomic mass is 35.5. The Morgan fingerprint density at radius 2 is 2.04 bits per heavy atom. The zero-order valence-electron chi connectivity index (χ0n) is 15.0. The predicted molar refractivity (Wildman–Crippen MR) is 104 cm³/mol. The maximum Gasteiger partial charge on any atom is 0.336 e. The number of carboxylic acids is 1. The molecule has 3 atom stereocenters. The van der Waals surface area contributed by atoms with E-state index in [2.05, 4.69) is 17.5 Å². The molecule has 6 heteroatoms. The molecule has 2 aromatic carbocycles. The number of hydrogen-bond donors (Lipinski definition) is 2. The normalized spacial score (nSPS) is 22.6. The fourth-order valence-corrected chi connectivity index (χ4v) is 4.47. The molecule has 2 aromatic rings. The maximum atomic E-state index is 11.8. The molecule has 0 saturated heterocycles. The second-order valence-electron chi connectivity index (χ2n) is 6.77. The van der Waals surface area contributed by atoms with Gasteiger partial charge in [0.05, 0.1) is 36.5 Å². The smallest absolute Gasteiger partial charge is 0.336 e. The highest BCUT2D eigenvalue weighted by Gasteiger charge is 2.41. The van der Waals surface area contributed by atoms with E-state index >= 15 is 0 Å². The SMILES string of the molecule is COc1ccc(OC)c([C@@H]2Nc3c(Cl)ccc(C(=O)O)c3[C@H]3C=CC[C@H]32)c1. The van der Waals surface area contributed by atoms with Crippen molar-refractivity contribution in [2.24, 2.45) is 5.92 Å². The summed E-state index contributed by atoms with van der Waals surface area (Å²) in [6, 6.07) is 8.85. The lowest BCUT2D eigenvalue weighted by molar-refractivity contribution is 0.0695. The monoisotopic (exact) mass is 385 g/mol. The lowest BCUT2D eigenvalue weighted by Gasteiger charge is -2.39. The van der Waals surface area contributed by atoms with E-state index in [1.54, 1.807) is 26.4 Å². The molecule has 5 nitrogen and oxygen atoms in total. The summed E-state index contributed by atoms with van der Waals surface area (Å²) in [5.74, 6) is 0.697. The molecule has 0 unspecified atom stereocenters. The fourth-order valence-electron chi connectivity index (χ4n) is 4.25. The van der Waals surface area contributed by atoms with Gasteiger partial charge >= 0.3 is 5.97 Å². The molecule has 0 radical (unpaired) electrons. The van der Waals surface area contributed by atoms with Gasteiger partial charge in [0.1, 0.15) is 11.5 Å². The Bertz CT molecular complexity index is 940. The second-order valence-corrected chi connectivity index (χ2v) is 7.18. The Morgan fingerprint density at radius 3 is 2.74 bits per heavy atom. The number of anilines is 1. The molecule has 2 N–H and O–H groups in total. The predicted octanol–water partition coefficient (Wildman–Crippen LogP) is 4.88. The van der Waals surface area contributed by atoms with E-state index < -0.39 is 5.97 Å². The standard InChI is InChI=1S/C21H20ClNO4/c1-26-11-6-9-17(27-2)15(10-11)19-13-5-3-4-12(13)18-14(21(24)25)7-8-16(22)20(18)23-19/h3-4,6-10,12-13,19,23H,5H2,1-2H3,(H,24,25)/t12-,13+,19+/m0/s1. The van der Waals surface area contributed by atoms with Gasteiger partial charge in [-0.2, -0.15) is 0 Å². The molecule has 27 heavy (non-hydrogen) atoms. The van der Waals surface area contributed by atoms with Gasteiger partial charge in [0.25, 0.3) is 0 Å². The number of carbonyl (C=O) groups is 1. The number of methoxy groups -OCH3 is 2. The molecule has 0 bridgehead atoms. The number of fused-ring (bicyclic) bond motifs is 3. The van der Waals surface area contributed by atoms with Crippen LogP contribution in [0.25, 0.3) is 0 Å². The second kappa shape index (κ2) is 6.82. The minimum Gasteiger partial charge on any atom is -0.497 e. The number of benzene rings is 2. The first kappa shape index (κ1) is 17.7. The maximum absolute atomic E-state index is 11.8. The number of hydrogen-bond acceptors (Lipinski definition) is 4. The van der Waals surface area contributed by atoms with Gasteiger partial charge in [-0.15, -0.1) is 0 Å². The summed E-state index contributed by atoms with van der Waals surface area (Å²) in [6.45, 7) is 0. The zero-order chi connectivity index (χ0) is 19.1. The molecule has 1 heterocycles. The minimum absolute atomic E-state index is 0.0213. The number of aromatic carboxylic acids is 1. The molecular formula is C21H20ClNO4. The third-order valence-corrected chi connectivity index (χ3v) is 5.79. The highest BCUT2D eigenvalue weighted by Crippen LogP contribution is 2.54. The topological polar surface area (TPSA) is 67.8 Å². The number of rotatable bonds is 4. The lowest BCUT2D eigenvalue weighted by Crippen LogP contribution is -2.31. The number of nitrogens with one attached hydrogen (secondary N) is 1. The van der Waals surface area contributed by atoms with Crippen molar-refractivity contribution in [3.8, 4) is 11.5 Å². The van der Waals surface area contributed by atoms with E-state index in [1.807, 2.05) is 18.2 Å². The molecule has 1 aliphatic heterocycles. The third kappa shape index (κ3) is 2.82. The number of allylic oxidation sites excluding steroid dienone is 2. The van der Waals surface area contributed by atoms with Crippen LogP contribution in [0, 0.1) is 5.92 Å². The van der Waals surface area contributed by atoms with Crippen LogP contribution in [0.4, 0.5) is 5.69 Å². The Hall–Kier alpha value is -2.66. The molecule has 2 aliphatic rings. The van der Waals surface area contributed by atoms with Gasteiger partial charge in [-0.05, 0) is 48.2 Å². The average Bonchev–Trinajstić information content (AvgIpc) is 3.17. The number of halogens is 1. The number of carboxylic acid groups (broad SMARTS) is 1. The highest BCUT2D eigenvalue weighted by molar-refractivity contribution is 6.33. The Morgan fingerprint density at radius 1 is 1.22 bits per heavy atom. The van der Waals surface area contributed by atoms with Gasteiger partial charge in [-0.25, -0.2) is 4.79 Å². The third-order valence-electron chi connectivity index (χ3n) is 5.47. The van der Waals surface area contributed by atoms with Crippen molar-refractivity contribution >= 4 is 23.3 Å².